The smallest absolute Gasteiger partial charge is 0.410 e. The van der Waals surface area contributed by atoms with Gasteiger partial charge in [-0.25, -0.2) is 4.79 Å². The van der Waals surface area contributed by atoms with Crippen LogP contribution in [-0.2, 0) is 16.1 Å². The lowest BCUT2D eigenvalue weighted by atomic mass is 9.94. The van der Waals surface area contributed by atoms with E-state index in [1.54, 1.807) is 0 Å². The second-order valence-corrected chi connectivity index (χ2v) is 10.8. The van der Waals surface area contributed by atoms with Gasteiger partial charge in [-0.2, -0.15) is 0 Å². The maximum Gasteiger partial charge on any atom is 0.410 e. The van der Waals surface area contributed by atoms with Crippen LogP contribution < -0.4 is 4.90 Å². The van der Waals surface area contributed by atoms with Gasteiger partial charge in [0.05, 0.1) is 6.04 Å². The summed E-state index contributed by atoms with van der Waals surface area (Å²) in [5.74, 6) is 0.744. The lowest BCUT2D eigenvalue weighted by molar-refractivity contribution is -0.139. The topological polar surface area (TPSA) is 53.1 Å². The van der Waals surface area contributed by atoms with E-state index in [0.717, 1.165) is 51.1 Å². The molecule has 2 fully saturated rings. The number of ether oxygens (including phenoxy) is 1. The van der Waals surface area contributed by atoms with Gasteiger partial charge >= 0.3 is 6.09 Å². The molecule has 0 spiro atoms. The number of piperidine rings is 1. The monoisotopic (exact) mass is 461 g/mol. The number of hydrogen-bond donors (Lipinski definition) is 0. The second-order valence-electron chi connectivity index (χ2n) is 10.8. The van der Waals surface area contributed by atoms with E-state index in [1.807, 2.05) is 60.9 Å². The van der Waals surface area contributed by atoms with Crippen LogP contribution in [0.4, 0.5) is 10.5 Å². The molecule has 180 valence electrons. The third-order valence-corrected chi connectivity index (χ3v) is 7.48. The van der Waals surface area contributed by atoms with Gasteiger partial charge in [0, 0.05) is 43.8 Å². The predicted molar refractivity (Wildman–Crippen MR) is 133 cm³/mol. The number of carbonyl (C=O) groups is 2. The molecule has 1 aliphatic carbocycles. The van der Waals surface area contributed by atoms with E-state index >= 15 is 0 Å². The zero-order valence-corrected chi connectivity index (χ0v) is 20.5. The maximum absolute atomic E-state index is 13.0. The van der Waals surface area contributed by atoms with Crippen LogP contribution in [0.25, 0.3) is 0 Å². The zero-order chi connectivity index (χ0) is 23.9. The Bertz CT molecular complexity index is 1050. The second kappa shape index (κ2) is 8.97. The summed E-state index contributed by atoms with van der Waals surface area (Å²) >= 11 is 0. The molecule has 2 heterocycles. The van der Waals surface area contributed by atoms with Crippen molar-refractivity contribution in [2.24, 2.45) is 5.41 Å². The summed E-state index contributed by atoms with van der Waals surface area (Å²) < 4.78 is 5.68. The Balaban J connectivity index is 1.27. The Morgan fingerprint density at radius 3 is 2.38 bits per heavy atom. The van der Waals surface area contributed by atoms with E-state index in [4.69, 9.17) is 4.74 Å². The molecule has 0 aromatic heterocycles. The molecule has 2 bridgehead atoms. The Morgan fingerprint density at radius 1 is 0.941 bits per heavy atom. The quantitative estimate of drug-likeness (QED) is 0.649. The number of anilines is 1. The van der Waals surface area contributed by atoms with Crippen LogP contribution in [0.15, 0.2) is 48.5 Å². The number of likely N-dealkylation sites (tertiary alicyclic amines) is 1. The van der Waals surface area contributed by atoms with Gasteiger partial charge in [0.15, 0.2) is 0 Å². The minimum atomic E-state index is -0.341. The van der Waals surface area contributed by atoms with E-state index in [1.165, 1.54) is 16.8 Å². The number of rotatable bonds is 3. The highest BCUT2D eigenvalue weighted by atomic mass is 16.6. The number of carbonyl (C=O) groups excluding carboxylic acids is 2. The van der Waals surface area contributed by atoms with E-state index in [0.29, 0.717) is 12.5 Å². The normalized spacial score (nSPS) is 21.9. The highest BCUT2D eigenvalue weighted by molar-refractivity contribution is 5.81. The maximum atomic E-state index is 13.0. The SMILES string of the molecule is CC(C)(C)C(=O)N1CCN(c2ccc3c(c2)C2C[C@H]3CCN2C(=O)OCc2ccccc2)CC1. The highest BCUT2D eigenvalue weighted by Crippen LogP contribution is 2.50. The predicted octanol–water partition coefficient (Wildman–Crippen LogP) is 4.95. The average molecular weight is 462 g/mol. The first kappa shape index (κ1) is 22.8. The molecule has 6 nitrogen and oxygen atoms in total. The highest BCUT2D eigenvalue weighted by Gasteiger charge is 2.42. The van der Waals surface area contributed by atoms with Crippen molar-refractivity contribution in [1.29, 1.82) is 0 Å². The van der Waals surface area contributed by atoms with Gasteiger partial charge in [-0.3, -0.25) is 4.79 Å². The van der Waals surface area contributed by atoms with Crippen molar-refractivity contribution in [3.05, 3.63) is 65.2 Å². The van der Waals surface area contributed by atoms with Crippen LogP contribution in [0.5, 0.6) is 0 Å². The van der Waals surface area contributed by atoms with Crippen LogP contribution in [0.1, 0.15) is 62.3 Å². The van der Waals surface area contributed by atoms with Crippen LogP contribution in [0.2, 0.25) is 0 Å². The van der Waals surface area contributed by atoms with Crippen LogP contribution in [-0.4, -0.2) is 54.5 Å². The lowest BCUT2D eigenvalue weighted by Crippen LogP contribution is -2.51. The number of piperazine rings is 1. The van der Waals surface area contributed by atoms with Crippen molar-refractivity contribution in [3.8, 4) is 0 Å². The van der Waals surface area contributed by atoms with E-state index in [-0.39, 0.29) is 23.5 Å². The van der Waals surface area contributed by atoms with Crippen molar-refractivity contribution in [3.63, 3.8) is 0 Å². The fourth-order valence-corrected chi connectivity index (χ4v) is 5.62. The van der Waals surface area contributed by atoms with Crippen molar-refractivity contribution < 1.29 is 14.3 Å². The molecule has 1 unspecified atom stereocenters. The number of benzene rings is 2. The minimum absolute atomic E-state index is 0.0840. The Kier molecular flexibility index (Phi) is 6.00. The largest absolute Gasteiger partial charge is 0.445 e. The first-order valence-corrected chi connectivity index (χ1v) is 12.5. The van der Waals surface area contributed by atoms with Gasteiger partial charge in [0.1, 0.15) is 6.61 Å². The first-order valence-electron chi connectivity index (χ1n) is 12.5. The van der Waals surface area contributed by atoms with Crippen molar-refractivity contribution in [1.82, 2.24) is 9.80 Å². The molecule has 2 saturated heterocycles. The molecular formula is C28H35N3O3. The number of nitrogens with zero attached hydrogens (tertiary/aromatic N) is 3. The van der Waals surface area contributed by atoms with E-state index < -0.39 is 0 Å². The summed E-state index contributed by atoms with van der Waals surface area (Å²) in [6.07, 6.45) is 1.74. The molecule has 2 amide bonds. The van der Waals surface area contributed by atoms with E-state index in [9.17, 15) is 9.59 Å². The molecule has 0 N–H and O–H groups in total. The van der Waals surface area contributed by atoms with Gasteiger partial charge in [-0.1, -0.05) is 57.2 Å². The Labute approximate surface area is 202 Å². The molecule has 2 aromatic carbocycles. The van der Waals surface area contributed by atoms with Crippen LogP contribution in [0.3, 0.4) is 0 Å². The van der Waals surface area contributed by atoms with Crippen molar-refractivity contribution in [2.45, 2.75) is 52.2 Å². The zero-order valence-electron chi connectivity index (χ0n) is 20.5. The number of amides is 2. The van der Waals surface area contributed by atoms with Crippen molar-refractivity contribution in [2.75, 3.05) is 37.6 Å². The summed E-state index contributed by atoms with van der Waals surface area (Å²) in [4.78, 5) is 31.9. The van der Waals surface area contributed by atoms with Gasteiger partial charge in [0.2, 0.25) is 5.91 Å². The lowest BCUT2D eigenvalue weighted by Gasteiger charge is -2.39. The van der Waals surface area contributed by atoms with Crippen LogP contribution >= 0.6 is 0 Å². The minimum Gasteiger partial charge on any atom is -0.445 e. The number of fused-ring (bicyclic) bond motifs is 5. The summed E-state index contributed by atoms with van der Waals surface area (Å²) in [6.45, 7) is 10.1. The molecule has 0 radical (unpaired) electrons. The third kappa shape index (κ3) is 4.38. The standard InChI is InChI=1S/C28H35N3O3/c1-28(2,3)26(32)30-15-13-29(14-16-30)22-9-10-23-21-11-12-31(25(17-21)24(23)18-22)27(33)34-19-20-7-5-4-6-8-20/h4-10,18,21,25H,11-17,19H2,1-3H3/t21-,25?/m1/s1. The van der Waals surface area contributed by atoms with Crippen molar-refractivity contribution >= 4 is 17.7 Å². The summed E-state index contributed by atoms with van der Waals surface area (Å²) in [6, 6.07) is 16.7. The average Bonchev–Trinajstić information content (AvgIpc) is 3.13. The summed E-state index contributed by atoms with van der Waals surface area (Å²) in [5, 5.41) is 0. The molecular weight excluding hydrogens is 426 g/mol. The van der Waals surface area contributed by atoms with Gasteiger partial charge in [-0.15, -0.1) is 0 Å². The number of hydrogen-bond acceptors (Lipinski definition) is 4. The molecule has 2 atom stereocenters. The molecule has 5 rings (SSSR count). The van der Waals surface area contributed by atoms with E-state index in [2.05, 4.69) is 23.1 Å². The summed E-state index contributed by atoms with van der Waals surface area (Å²) in [5.41, 5.74) is 4.50. The van der Waals surface area contributed by atoms with Gasteiger partial charge in [-0.05, 0) is 47.6 Å². The fraction of sp³-hybridized carbons (Fsp3) is 0.500. The molecule has 34 heavy (non-hydrogen) atoms. The molecule has 3 aliphatic rings. The van der Waals surface area contributed by atoms with Gasteiger partial charge in [0.25, 0.3) is 0 Å². The molecule has 6 heteroatoms. The fourth-order valence-electron chi connectivity index (χ4n) is 5.62. The Hall–Kier alpha value is -3.02. The molecule has 2 aromatic rings. The van der Waals surface area contributed by atoms with Crippen LogP contribution in [0, 0.1) is 5.41 Å². The first-order chi connectivity index (χ1) is 16.3. The molecule has 0 saturated carbocycles. The summed E-state index contributed by atoms with van der Waals surface area (Å²) in [7, 11) is 0. The van der Waals surface area contributed by atoms with Gasteiger partial charge < -0.3 is 19.4 Å². The molecule has 2 aliphatic heterocycles. The third-order valence-electron chi connectivity index (χ3n) is 7.48. The Morgan fingerprint density at radius 2 is 1.68 bits per heavy atom.